The summed E-state index contributed by atoms with van der Waals surface area (Å²) in [6.45, 7) is 0. The highest BCUT2D eigenvalue weighted by Crippen LogP contribution is 2.34. The molecule has 1 aromatic carbocycles. The molecule has 3 aromatic rings. The van der Waals surface area contributed by atoms with E-state index in [2.05, 4.69) is 25.9 Å². The molecule has 0 saturated carbocycles. The molecule has 8 nitrogen and oxygen atoms in total. The molecule has 0 fully saturated rings. The number of carbonyl (C=O) groups is 1. The first-order valence-corrected chi connectivity index (χ1v) is 9.07. The van der Waals surface area contributed by atoms with Crippen molar-refractivity contribution in [1.82, 2.24) is 30.0 Å². The van der Waals surface area contributed by atoms with Crippen LogP contribution in [0.3, 0.4) is 0 Å². The molecule has 25 heavy (non-hydrogen) atoms. The van der Waals surface area contributed by atoms with Crippen LogP contribution in [-0.2, 0) is 29.8 Å². The number of aryl methyl sites for hydroxylation is 1. The van der Waals surface area contributed by atoms with E-state index >= 15 is 0 Å². The third-order valence-corrected chi connectivity index (χ3v) is 5.18. The van der Waals surface area contributed by atoms with Gasteiger partial charge in [0.1, 0.15) is 18.2 Å². The van der Waals surface area contributed by atoms with Crippen molar-refractivity contribution in [2.75, 3.05) is 5.32 Å². The summed E-state index contributed by atoms with van der Waals surface area (Å²) in [5, 5.41) is 18.8. The summed E-state index contributed by atoms with van der Waals surface area (Å²) in [5.41, 5.74) is 3.20. The van der Waals surface area contributed by atoms with Gasteiger partial charge in [-0.15, -0.1) is 5.10 Å². The Labute approximate surface area is 148 Å². The van der Waals surface area contributed by atoms with Gasteiger partial charge in [0.05, 0.1) is 5.69 Å². The molecule has 0 radical (unpaired) electrons. The second-order valence-electron chi connectivity index (χ2n) is 5.87. The summed E-state index contributed by atoms with van der Waals surface area (Å²) >= 11 is 1.80. The van der Waals surface area contributed by atoms with Gasteiger partial charge in [0.2, 0.25) is 0 Å². The number of amides is 1. The molecular weight excluding hydrogens is 338 g/mol. The number of thioether (sulfide) groups is 1. The standard InChI is InChI=1S/C16H17N7OS/c1-22-15(12-8-25-9-13(12)19-22)18-16(24)14(23-10-17-20-21-23)7-11-5-3-2-4-6-11/h2-6,10,14H,7-9H2,1H3,(H,18,24). The fourth-order valence-corrected chi connectivity index (χ4v) is 3.99. The zero-order chi connectivity index (χ0) is 17.2. The molecule has 0 bridgehead atoms. The zero-order valence-electron chi connectivity index (χ0n) is 13.7. The van der Waals surface area contributed by atoms with Gasteiger partial charge in [-0.1, -0.05) is 30.3 Å². The van der Waals surface area contributed by atoms with E-state index in [4.69, 9.17) is 0 Å². The Morgan fingerprint density at radius 3 is 2.92 bits per heavy atom. The van der Waals surface area contributed by atoms with Gasteiger partial charge in [-0.05, 0) is 16.0 Å². The molecule has 1 N–H and O–H groups in total. The maximum atomic E-state index is 13.0. The number of carbonyl (C=O) groups excluding carboxylic acids is 1. The van der Waals surface area contributed by atoms with Crippen LogP contribution in [0.5, 0.6) is 0 Å². The molecule has 3 heterocycles. The second kappa shape index (κ2) is 6.67. The van der Waals surface area contributed by atoms with Crippen molar-refractivity contribution < 1.29 is 4.79 Å². The summed E-state index contributed by atoms with van der Waals surface area (Å²) in [7, 11) is 1.85. The van der Waals surface area contributed by atoms with Gasteiger partial charge >= 0.3 is 0 Å². The summed E-state index contributed by atoms with van der Waals surface area (Å²) in [6, 6.07) is 9.31. The molecule has 4 rings (SSSR count). The highest BCUT2D eigenvalue weighted by molar-refractivity contribution is 7.98. The Morgan fingerprint density at radius 2 is 2.16 bits per heavy atom. The molecule has 0 saturated heterocycles. The Balaban J connectivity index is 1.60. The van der Waals surface area contributed by atoms with E-state index in [1.807, 2.05) is 37.4 Å². The minimum atomic E-state index is -0.531. The van der Waals surface area contributed by atoms with Crippen molar-refractivity contribution in [3.05, 3.63) is 53.5 Å². The predicted octanol–water partition coefficient (Wildman–Crippen LogP) is 1.58. The first kappa shape index (κ1) is 15.8. The van der Waals surface area contributed by atoms with Crippen LogP contribution >= 0.6 is 11.8 Å². The van der Waals surface area contributed by atoms with Crippen LogP contribution in [0, 0.1) is 0 Å². The highest BCUT2D eigenvalue weighted by atomic mass is 32.2. The number of anilines is 1. The molecule has 1 aliphatic rings. The number of nitrogens with one attached hydrogen (secondary N) is 1. The van der Waals surface area contributed by atoms with Gasteiger partial charge in [-0.25, -0.2) is 4.68 Å². The molecule has 1 unspecified atom stereocenters. The van der Waals surface area contributed by atoms with Gasteiger partial charge in [0.25, 0.3) is 5.91 Å². The quantitative estimate of drug-likeness (QED) is 0.747. The van der Waals surface area contributed by atoms with Gasteiger partial charge in [0, 0.05) is 30.5 Å². The van der Waals surface area contributed by atoms with Gasteiger partial charge in [0.15, 0.2) is 0 Å². The lowest BCUT2D eigenvalue weighted by atomic mass is 10.1. The van der Waals surface area contributed by atoms with E-state index in [1.54, 1.807) is 16.4 Å². The molecule has 2 aromatic heterocycles. The highest BCUT2D eigenvalue weighted by Gasteiger charge is 2.27. The molecule has 128 valence electrons. The minimum Gasteiger partial charge on any atom is -0.309 e. The van der Waals surface area contributed by atoms with Crippen molar-refractivity contribution in [3.63, 3.8) is 0 Å². The van der Waals surface area contributed by atoms with Crippen molar-refractivity contribution in [1.29, 1.82) is 0 Å². The number of aromatic nitrogens is 6. The lowest BCUT2D eigenvalue weighted by Crippen LogP contribution is -2.29. The summed E-state index contributed by atoms with van der Waals surface area (Å²) in [5.74, 6) is 2.36. The number of rotatable bonds is 5. The number of hydrogen-bond donors (Lipinski definition) is 1. The van der Waals surface area contributed by atoms with Gasteiger partial charge in [-0.3, -0.25) is 9.48 Å². The van der Waals surface area contributed by atoms with Crippen LogP contribution in [0.15, 0.2) is 36.7 Å². The third kappa shape index (κ3) is 3.14. The van der Waals surface area contributed by atoms with Crippen LogP contribution in [0.2, 0.25) is 0 Å². The van der Waals surface area contributed by atoms with Crippen molar-refractivity contribution in [3.8, 4) is 0 Å². The topological polar surface area (TPSA) is 90.5 Å². The van der Waals surface area contributed by atoms with E-state index in [0.29, 0.717) is 6.42 Å². The molecule has 9 heteroatoms. The first-order chi connectivity index (χ1) is 12.2. The maximum Gasteiger partial charge on any atom is 0.250 e. The minimum absolute atomic E-state index is 0.154. The van der Waals surface area contributed by atoms with Crippen molar-refractivity contribution in [2.45, 2.75) is 24.0 Å². The third-order valence-electron chi connectivity index (χ3n) is 4.21. The predicted molar refractivity (Wildman–Crippen MR) is 93.8 cm³/mol. The Hall–Kier alpha value is -2.68. The zero-order valence-corrected chi connectivity index (χ0v) is 14.5. The smallest absolute Gasteiger partial charge is 0.250 e. The van der Waals surface area contributed by atoms with E-state index in [1.165, 1.54) is 11.0 Å². The average Bonchev–Trinajstić information content (AvgIpc) is 3.34. The van der Waals surface area contributed by atoms with E-state index in [0.717, 1.165) is 34.1 Å². The number of hydrogen-bond acceptors (Lipinski definition) is 6. The Morgan fingerprint density at radius 1 is 1.32 bits per heavy atom. The molecule has 1 aliphatic heterocycles. The molecule has 1 amide bonds. The monoisotopic (exact) mass is 355 g/mol. The lowest BCUT2D eigenvalue weighted by molar-refractivity contribution is -0.119. The molecule has 0 spiro atoms. The van der Waals surface area contributed by atoms with Gasteiger partial charge in [-0.2, -0.15) is 16.9 Å². The van der Waals surface area contributed by atoms with Crippen LogP contribution in [0.1, 0.15) is 22.9 Å². The van der Waals surface area contributed by atoms with Gasteiger partial charge < -0.3 is 5.32 Å². The average molecular weight is 355 g/mol. The van der Waals surface area contributed by atoms with E-state index in [9.17, 15) is 4.79 Å². The van der Waals surface area contributed by atoms with E-state index < -0.39 is 6.04 Å². The number of fused-ring (bicyclic) bond motifs is 1. The maximum absolute atomic E-state index is 13.0. The van der Waals surface area contributed by atoms with Crippen molar-refractivity contribution >= 4 is 23.5 Å². The normalized spacial score (nSPS) is 14.3. The molecule has 1 atom stereocenters. The fourth-order valence-electron chi connectivity index (χ4n) is 2.95. The SMILES string of the molecule is Cn1nc2c(c1NC(=O)C(Cc1ccccc1)n1cnnn1)CSC2. The number of tetrazole rings is 1. The molecule has 0 aliphatic carbocycles. The summed E-state index contributed by atoms with van der Waals surface area (Å²) < 4.78 is 3.23. The second-order valence-corrected chi connectivity index (χ2v) is 6.86. The van der Waals surface area contributed by atoms with Crippen LogP contribution in [0.4, 0.5) is 5.82 Å². The summed E-state index contributed by atoms with van der Waals surface area (Å²) in [6.07, 6.45) is 1.98. The fraction of sp³-hybridized carbons (Fsp3) is 0.312. The van der Waals surface area contributed by atoms with Crippen LogP contribution < -0.4 is 5.32 Å². The van der Waals surface area contributed by atoms with E-state index in [-0.39, 0.29) is 5.91 Å². The van der Waals surface area contributed by atoms with Crippen LogP contribution in [-0.4, -0.2) is 35.9 Å². The molecular formula is C16H17N7OS. The number of benzene rings is 1. The number of nitrogens with zero attached hydrogens (tertiary/aromatic N) is 6. The summed E-state index contributed by atoms with van der Waals surface area (Å²) in [4.78, 5) is 13.0. The van der Waals surface area contributed by atoms with Crippen LogP contribution in [0.25, 0.3) is 0 Å². The Bertz CT molecular complexity index is 876. The van der Waals surface area contributed by atoms with Crippen molar-refractivity contribution in [2.24, 2.45) is 7.05 Å². The Kier molecular flexibility index (Phi) is 4.22. The first-order valence-electron chi connectivity index (χ1n) is 7.92. The largest absolute Gasteiger partial charge is 0.309 e. The lowest BCUT2D eigenvalue weighted by Gasteiger charge is -2.17.